The number of aromatic nitrogens is 1. The first kappa shape index (κ1) is 19.3. The molecule has 0 bridgehead atoms. The Morgan fingerprint density at radius 1 is 1.00 bits per heavy atom. The van der Waals surface area contributed by atoms with Crippen LogP contribution in [-0.4, -0.2) is 17.1 Å². The molecule has 3 aromatic rings. The van der Waals surface area contributed by atoms with E-state index in [1.165, 1.54) is 64.5 Å². The highest BCUT2D eigenvalue weighted by Gasteiger charge is 2.30. The van der Waals surface area contributed by atoms with Crippen molar-refractivity contribution in [2.45, 2.75) is 78.4 Å². The van der Waals surface area contributed by atoms with E-state index in [-0.39, 0.29) is 0 Å². The fourth-order valence-electron chi connectivity index (χ4n) is 5.12. The lowest BCUT2D eigenvalue weighted by Crippen LogP contribution is -3.18. The van der Waals surface area contributed by atoms with Crippen molar-refractivity contribution in [2.24, 2.45) is 0 Å². The van der Waals surface area contributed by atoms with Crippen LogP contribution < -0.4 is 4.90 Å². The molecule has 2 heteroatoms. The van der Waals surface area contributed by atoms with Crippen LogP contribution in [0.15, 0.2) is 42.5 Å². The molecule has 2 nitrogen and oxygen atoms in total. The highest BCUT2D eigenvalue weighted by atomic mass is 15.2. The highest BCUT2D eigenvalue weighted by molar-refractivity contribution is 5.92. The van der Waals surface area contributed by atoms with Crippen LogP contribution in [0.25, 0.3) is 22.2 Å². The molecule has 2 aromatic carbocycles. The zero-order chi connectivity index (χ0) is 19.7. The smallest absolute Gasteiger partial charge is 0.106 e. The molecular formula is C26H35N2+. The lowest BCUT2D eigenvalue weighted by Gasteiger charge is -2.36. The summed E-state index contributed by atoms with van der Waals surface area (Å²) in [7, 11) is 0. The molecule has 1 aromatic heterocycles. The standard InChI is InChI=1S/C26H34N2/c1-5-8-21-13-15-22(16-14-21)26-24(17-28-19(3)10-7-11-20(28)4)23-12-6-9-18(2)25(23)27-26/h6,9,12-16,19-20,27H,5,7-8,10-11,17H2,1-4H3/p+1/t19-,20-/m1/s1. The van der Waals surface area contributed by atoms with Crippen molar-refractivity contribution in [1.82, 2.24) is 4.98 Å². The molecule has 2 heterocycles. The van der Waals surface area contributed by atoms with Gasteiger partial charge in [0, 0.05) is 16.5 Å². The molecule has 0 radical (unpaired) electrons. The van der Waals surface area contributed by atoms with Crippen LogP contribution >= 0.6 is 0 Å². The van der Waals surface area contributed by atoms with Crippen molar-refractivity contribution in [3.63, 3.8) is 0 Å². The number of aryl methyl sites for hydroxylation is 2. The Morgan fingerprint density at radius 3 is 2.39 bits per heavy atom. The largest absolute Gasteiger partial charge is 0.354 e. The maximum atomic E-state index is 3.81. The average molecular weight is 376 g/mol. The van der Waals surface area contributed by atoms with Gasteiger partial charge >= 0.3 is 0 Å². The predicted octanol–water partition coefficient (Wildman–Crippen LogP) is 5.44. The van der Waals surface area contributed by atoms with Gasteiger partial charge in [-0.2, -0.15) is 0 Å². The van der Waals surface area contributed by atoms with Crippen molar-refractivity contribution >= 4 is 10.9 Å². The van der Waals surface area contributed by atoms with Crippen molar-refractivity contribution in [2.75, 3.05) is 0 Å². The van der Waals surface area contributed by atoms with E-state index in [4.69, 9.17) is 0 Å². The summed E-state index contributed by atoms with van der Waals surface area (Å²) < 4.78 is 0. The second-order valence-corrected chi connectivity index (χ2v) is 8.91. The quantitative estimate of drug-likeness (QED) is 0.592. The van der Waals surface area contributed by atoms with Gasteiger partial charge in [0.2, 0.25) is 0 Å². The lowest BCUT2D eigenvalue weighted by atomic mass is 9.95. The number of hydrogen-bond acceptors (Lipinski definition) is 0. The van der Waals surface area contributed by atoms with Crippen molar-refractivity contribution < 1.29 is 4.90 Å². The third kappa shape index (κ3) is 3.63. The zero-order valence-electron chi connectivity index (χ0n) is 17.9. The van der Waals surface area contributed by atoms with Crippen LogP contribution in [0.3, 0.4) is 0 Å². The molecule has 0 spiro atoms. The Bertz CT molecular complexity index is 925. The van der Waals surface area contributed by atoms with Gasteiger partial charge in [-0.25, -0.2) is 0 Å². The minimum atomic E-state index is 0.735. The fourth-order valence-corrected chi connectivity index (χ4v) is 5.12. The Hall–Kier alpha value is -2.06. The number of benzene rings is 2. The molecule has 2 atom stereocenters. The second kappa shape index (κ2) is 8.13. The summed E-state index contributed by atoms with van der Waals surface area (Å²) in [5, 5.41) is 1.41. The number of piperidine rings is 1. The summed E-state index contributed by atoms with van der Waals surface area (Å²) in [6.07, 6.45) is 6.44. The Kier molecular flexibility index (Phi) is 5.59. The maximum Gasteiger partial charge on any atom is 0.106 e. The number of para-hydroxylation sites is 1. The molecule has 0 aliphatic carbocycles. The van der Waals surface area contributed by atoms with Gasteiger partial charge in [-0.1, -0.05) is 55.8 Å². The first-order chi connectivity index (χ1) is 13.6. The van der Waals surface area contributed by atoms with E-state index in [1.54, 1.807) is 4.90 Å². The van der Waals surface area contributed by atoms with E-state index >= 15 is 0 Å². The van der Waals surface area contributed by atoms with Gasteiger partial charge in [0.15, 0.2) is 0 Å². The van der Waals surface area contributed by atoms with Crippen LogP contribution in [0, 0.1) is 6.92 Å². The Labute approximate surface area is 170 Å². The molecule has 1 aliphatic heterocycles. The zero-order valence-corrected chi connectivity index (χ0v) is 17.9. The van der Waals surface area contributed by atoms with E-state index in [0.29, 0.717) is 0 Å². The number of hydrogen-bond donors (Lipinski definition) is 2. The number of nitrogens with one attached hydrogen (secondary N) is 2. The molecule has 0 amide bonds. The SMILES string of the molecule is CCCc1ccc(-c2[nH]c3c(C)cccc3c2C[NH+]2[C@H](C)CCC[C@H]2C)cc1. The van der Waals surface area contributed by atoms with Gasteiger partial charge in [0.25, 0.3) is 0 Å². The van der Waals surface area contributed by atoms with E-state index in [1.807, 2.05) is 0 Å². The van der Waals surface area contributed by atoms with Gasteiger partial charge in [-0.15, -0.1) is 0 Å². The average Bonchev–Trinajstić information content (AvgIpc) is 3.06. The lowest BCUT2D eigenvalue weighted by molar-refractivity contribution is -0.964. The van der Waals surface area contributed by atoms with Gasteiger partial charge < -0.3 is 9.88 Å². The molecule has 28 heavy (non-hydrogen) atoms. The molecule has 1 fully saturated rings. The summed E-state index contributed by atoms with van der Waals surface area (Å²) in [5.41, 5.74) is 8.22. The first-order valence-electron chi connectivity index (χ1n) is 11.1. The molecule has 2 N–H and O–H groups in total. The van der Waals surface area contributed by atoms with Crippen molar-refractivity contribution in [3.05, 3.63) is 59.2 Å². The van der Waals surface area contributed by atoms with Gasteiger partial charge in [-0.05, 0) is 63.1 Å². The summed E-state index contributed by atoms with van der Waals surface area (Å²) in [5.74, 6) is 0. The predicted molar refractivity (Wildman–Crippen MR) is 120 cm³/mol. The minimum Gasteiger partial charge on any atom is -0.354 e. The number of H-pyrrole nitrogens is 1. The molecule has 148 valence electrons. The van der Waals surface area contributed by atoms with E-state index in [0.717, 1.165) is 25.0 Å². The minimum absolute atomic E-state index is 0.735. The van der Waals surface area contributed by atoms with E-state index in [2.05, 4.69) is 75.1 Å². The summed E-state index contributed by atoms with van der Waals surface area (Å²) in [4.78, 5) is 5.55. The monoisotopic (exact) mass is 375 g/mol. The van der Waals surface area contributed by atoms with Crippen LogP contribution in [-0.2, 0) is 13.0 Å². The number of rotatable bonds is 5. The third-order valence-electron chi connectivity index (χ3n) is 6.85. The van der Waals surface area contributed by atoms with Crippen LogP contribution in [0.5, 0.6) is 0 Å². The molecule has 4 rings (SSSR count). The van der Waals surface area contributed by atoms with Crippen LogP contribution in [0.2, 0.25) is 0 Å². The number of likely N-dealkylation sites (tertiary alicyclic amines) is 1. The van der Waals surface area contributed by atoms with Crippen molar-refractivity contribution in [1.29, 1.82) is 0 Å². The molecule has 0 saturated carbocycles. The number of quaternary nitrogens is 1. The molecule has 1 saturated heterocycles. The first-order valence-corrected chi connectivity index (χ1v) is 11.1. The third-order valence-corrected chi connectivity index (χ3v) is 6.85. The summed E-state index contributed by atoms with van der Waals surface area (Å²) in [6.45, 7) is 10.4. The summed E-state index contributed by atoms with van der Waals surface area (Å²) >= 11 is 0. The van der Waals surface area contributed by atoms with E-state index in [9.17, 15) is 0 Å². The second-order valence-electron chi connectivity index (χ2n) is 8.91. The molecule has 1 aliphatic rings. The van der Waals surface area contributed by atoms with Crippen molar-refractivity contribution in [3.8, 4) is 11.3 Å². The fraction of sp³-hybridized carbons (Fsp3) is 0.462. The maximum absolute atomic E-state index is 3.81. The molecule has 0 unspecified atom stereocenters. The molecular weight excluding hydrogens is 340 g/mol. The van der Waals surface area contributed by atoms with Crippen LogP contribution in [0.4, 0.5) is 0 Å². The number of aromatic amines is 1. The van der Waals surface area contributed by atoms with Gasteiger partial charge in [0.1, 0.15) is 6.54 Å². The topological polar surface area (TPSA) is 20.2 Å². The van der Waals surface area contributed by atoms with Gasteiger partial charge in [-0.3, -0.25) is 0 Å². The van der Waals surface area contributed by atoms with Gasteiger partial charge in [0.05, 0.1) is 17.8 Å². The van der Waals surface area contributed by atoms with E-state index < -0.39 is 0 Å². The highest BCUT2D eigenvalue weighted by Crippen LogP contribution is 2.32. The Balaban J connectivity index is 1.79. The Morgan fingerprint density at radius 2 is 1.71 bits per heavy atom. The number of fused-ring (bicyclic) bond motifs is 1. The van der Waals surface area contributed by atoms with Crippen LogP contribution in [0.1, 0.15) is 63.1 Å². The summed E-state index contributed by atoms with van der Waals surface area (Å²) in [6, 6.07) is 17.4. The normalized spacial score (nSPS) is 20.7.